The summed E-state index contributed by atoms with van der Waals surface area (Å²) in [5, 5.41) is 13.8. The molecule has 2 aromatic heterocycles. The number of hydrogen-bond acceptors (Lipinski definition) is 7. The van der Waals surface area contributed by atoms with Crippen LogP contribution in [0.3, 0.4) is 0 Å². The van der Waals surface area contributed by atoms with Crippen molar-refractivity contribution in [3.05, 3.63) is 29.5 Å². The van der Waals surface area contributed by atoms with E-state index in [1.165, 1.54) is 23.1 Å². The third-order valence-electron chi connectivity index (χ3n) is 1.59. The van der Waals surface area contributed by atoms with Crippen LogP contribution in [0.1, 0.15) is 5.69 Å². The predicted molar refractivity (Wildman–Crippen MR) is 60.8 cm³/mol. The molecule has 16 heavy (non-hydrogen) atoms. The third kappa shape index (κ3) is 2.47. The summed E-state index contributed by atoms with van der Waals surface area (Å²) >= 11 is 2.83. The molecule has 0 aliphatic rings. The van der Waals surface area contributed by atoms with Gasteiger partial charge in [-0.15, -0.1) is 11.3 Å². The van der Waals surface area contributed by atoms with E-state index in [2.05, 4.69) is 20.1 Å². The Morgan fingerprint density at radius 1 is 1.44 bits per heavy atom. The van der Waals surface area contributed by atoms with Crippen molar-refractivity contribution in [1.82, 2.24) is 15.0 Å². The zero-order valence-electron chi connectivity index (χ0n) is 7.94. The SMILES string of the molecule is N/C(=N/O)c1ccnc(Sc2nccs2)n1. The molecule has 0 bridgehead atoms. The molecule has 2 rings (SSSR count). The van der Waals surface area contributed by atoms with Crippen LogP contribution < -0.4 is 5.73 Å². The number of aromatic nitrogens is 3. The molecule has 0 aliphatic heterocycles. The molecule has 0 amide bonds. The lowest BCUT2D eigenvalue weighted by Crippen LogP contribution is -2.15. The molecule has 2 aromatic rings. The van der Waals surface area contributed by atoms with Gasteiger partial charge in [0.25, 0.3) is 0 Å². The number of nitrogens with two attached hydrogens (primary N) is 1. The van der Waals surface area contributed by atoms with Gasteiger partial charge in [-0.2, -0.15) is 0 Å². The molecule has 6 nitrogen and oxygen atoms in total. The highest BCUT2D eigenvalue weighted by atomic mass is 32.2. The van der Waals surface area contributed by atoms with Crippen molar-refractivity contribution in [2.24, 2.45) is 10.9 Å². The molecule has 82 valence electrons. The molecule has 0 radical (unpaired) electrons. The second-order valence-corrected chi connectivity index (χ2v) is 4.72. The summed E-state index contributed by atoms with van der Waals surface area (Å²) in [5.74, 6) is -0.0385. The van der Waals surface area contributed by atoms with Crippen molar-refractivity contribution in [2.75, 3.05) is 0 Å². The third-order valence-corrected chi connectivity index (χ3v) is 3.35. The van der Waals surface area contributed by atoms with E-state index in [9.17, 15) is 0 Å². The molecule has 0 aliphatic carbocycles. The summed E-state index contributed by atoms with van der Waals surface area (Å²) < 4.78 is 0.844. The Morgan fingerprint density at radius 3 is 3.00 bits per heavy atom. The van der Waals surface area contributed by atoms with E-state index in [1.54, 1.807) is 18.5 Å². The Bertz CT molecular complexity index is 499. The summed E-state index contributed by atoms with van der Waals surface area (Å²) in [4.78, 5) is 12.3. The van der Waals surface area contributed by atoms with Gasteiger partial charge >= 0.3 is 0 Å². The molecule has 0 unspecified atom stereocenters. The number of nitrogens with zero attached hydrogens (tertiary/aromatic N) is 4. The van der Waals surface area contributed by atoms with Crippen LogP contribution in [-0.2, 0) is 0 Å². The first-order valence-electron chi connectivity index (χ1n) is 4.18. The van der Waals surface area contributed by atoms with Crippen LogP contribution in [0.5, 0.6) is 0 Å². The zero-order chi connectivity index (χ0) is 11.4. The Labute approximate surface area is 99.3 Å². The second kappa shape index (κ2) is 4.90. The van der Waals surface area contributed by atoms with E-state index in [1.807, 2.05) is 5.38 Å². The van der Waals surface area contributed by atoms with Crippen molar-refractivity contribution < 1.29 is 5.21 Å². The highest BCUT2D eigenvalue weighted by molar-refractivity contribution is 8.00. The van der Waals surface area contributed by atoms with Crippen LogP contribution in [0.15, 0.2) is 38.5 Å². The monoisotopic (exact) mass is 253 g/mol. The van der Waals surface area contributed by atoms with Crippen molar-refractivity contribution >= 4 is 28.9 Å². The number of hydrogen-bond donors (Lipinski definition) is 2. The molecule has 0 saturated heterocycles. The van der Waals surface area contributed by atoms with Gasteiger partial charge in [-0.05, 0) is 17.8 Å². The maximum Gasteiger partial charge on any atom is 0.195 e. The molecular formula is C8H7N5OS2. The first-order valence-corrected chi connectivity index (χ1v) is 5.87. The van der Waals surface area contributed by atoms with Gasteiger partial charge in [-0.3, -0.25) is 0 Å². The maximum atomic E-state index is 8.52. The standard InChI is InChI=1S/C8H7N5OS2/c9-6(13-14)5-1-2-10-7(12-5)16-8-11-3-4-15-8/h1-4,14H,(H2,9,13). The number of rotatable bonds is 3. The average molecular weight is 253 g/mol. The summed E-state index contributed by atoms with van der Waals surface area (Å²) in [6.45, 7) is 0. The van der Waals surface area contributed by atoms with E-state index in [4.69, 9.17) is 10.9 Å². The summed E-state index contributed by atoms with van der Waals surface area (Å²) in [7, 11) is 0. The molecule has 0 atom stereocenters. The van der Waals surface area contributed by atoms with Crippen molar-refractivity contribution in [3.63, 3.8) is 0 Å². The highest BCUT2D eigenvalue weighted by Crippen LogP contribution is 2.25. The molecular weight excluding hydrogens is 246 g/mol. The normalized spacial score (nSPS) is 11.6. The highest BCUT2D eigenvalue weighted by Gasteiger charge is 2.06. The lowest BCUT2D eigenvalue weighted by atomic mass is 10.4. The van der Waals surface area contributed by atoms with Gasteiger partial charge in [-0.25, -0.2) is 15.0 Å². The Hall–Kier alpha value is -1.67. The summed E-state index contributed by atoms with van der Waals surface area (Å²) in [5.41, 5.74) is 5.81. The van der Waals surface area contributed by atoms with Crippen LogP contribution >= 0.6 is 23.1 Å². The first kappa shape index (κ1) is 10.8. The smallest absolute Gasteiger partial charge is 0.195 e. The number of oxime groups is 1. The van der Waals surface area contributed by atoms with Gasteiger partial charge in [0.05, 0.1) is 0 Å². The van der Waals surface area contributed by atoms with Crippen molar-refractivity contribution in [3.8, 4) is 0 Å². The fourth-order valence-electron chi connectivity index (χ4n) is 0.923. The quantitative estimate of drug-likeness (QED) is 0.280. The van der Waals surface area contributed by atoms with Crippen LogP contribution in [0.25, 0.3) is 0 Å². The zero-order valence-corrected chi connectivity index (χ0v) is 9.57. The molecule has 0 fully saturated rings. The van der Waals surface area contributed by atoms with E-state index in [0.717, 1.165) is 4.34 Å². The predicted octanol–water partition coefficient (Wildman–Crippen LogP) is 1.18. The fraction of sp³-hybridized carbons (Fsp3) is 0. The Kier molecular flexibility index (Phi) is 3.32. The lowest BCUT2D eigenvalue weighted by molar-refractivity contribution is 0.318. The van der Waals surface area contributed by atoms with Gasteiger partial charge in [0, 0.05) is 17.8 Å². The fourth-order valence-corrected chi connectivity index (χ4v) is 2.39. The molecule has 2 heterocycles. The van der Waals surface area contributed by atoms with E-state index in [-0.39, 0.29) is 5.84 Å². The topological polar surface area (TPSA) is 97.3 Å². The van der Waals surface area contributed by atoms with E-state index >= 15 is 0 Å². The van der Waals surface area contributed by atoms with E-state index < -0.39 is 0 Å². The summed E-state index contributed by atoms with van der Waals surface area (Å²) in [6, 6.07) is 1.57. The van der Waals surface area contributed by atoms with Gasteiger partial charge < -0.3 is 10.9 Å². The lowest BCUT2D eigenvalue weighted by Gasteiger charge is -1.99. The molecule has 0 saturated carbocycles. The second-order valence-electron chi connectivity index (χ2n) is 2.61. The van der Waals surface area contributed by atoms with Crippen molar-refractivity contribution in [1.29, 1.82) is 0 Å². The van der Waals surface area contributed by atoms with E-state index in [0.29, 0.717) is 10.9 Å². The molecule has 8 heteroatoms. The minimum Gasteiger partial charge on any atom is -0.409 e. The number of thiazole rings is 1. The Balaban J connectivity index is 2.23. The van der Waals surface area contributed by atoms with Crippen LogP contribution in [-0.4, -0.2) is 26.0 Å². The largest absolute Gasteiger partial charge is 0.409 e. The van der Waals surface area contributed by atoms with Gasteiger partial charge in [0.15, 0.2) is 15.3 Å². The first-order chi connectivity index (χ1) is 7.79. The molecule has 0 spiro atoms. The average Bonchev–Trinajstić information content (AvgIpc) is 2.81. The van der Waals surface area contributed by atoms with Crippen LogP contribution in [0.2, 0.25) is 0 Å². The van der Waals surface area contributed by atoms with Gasteiger partial charge in [-0.1, -0.05) is 5.16 Å². The van der Waals surface area contributed by atoms with Crippen LogP contribution in [0.4, 0.5) is 0 Å². The van der Waals surface area contributed by atoms with Crippen LogP contribution in [0, 0.1) is 0 Å². The number of amidine groups is 1. The molecule has 3 N–H and O–H groups in total. The van der Waals surface area contributed by atoms with Gasteiger partial charge in [0.2, 0.25) is 0 Å². The Morgan fingerprint density at radius 2 is 2.31 bits per heavy atom. The van der Waals surface area contributed by atoms with Gasteiger partial charge in [0.1, 0.15) is 5.69 Å². The molecule has 0 aromatic carbocycles. The van der Waals surface area contributed by atoms with Crippen molar-refractivity contribution in [2.45, 2.75) is 9.50 Å². The minimum atomic E-state index is -0.0385. The summed E-state index contributed by atoms with van der Waals surface area (Å²) in [6.07, 6.45) is 3.26. The maximum absolute atomic E-state index is 8.52. The minimum absolute atomic E-state index is 0.0385.